The zero-order valence-corrected chi connectivity index (χ0v) is 10.8. The molecule has 0 saturated carbocycles. The van der Waals surface area contributed by atoms with Gasteiger partial charge in [0.25, 0.3) is 0 Å². The third-order valence-electron chi connectivity index (χ3n) is 2.45. The van der Waals surface area contributed by atoms with Crippen LogP contribution in [0.2, 0.25) is 0 Å². The second-order valence-corrected chi connectivity index (χ2v) is 3.87. The van der Waals surface area contributed by atoms with E-state index in [1.54, 1.807) is 7.11 Å². The van der Waals surface area contributed by atoms with Gasteiger partial charge < -0.3 is 15.9 Å². The van der Waals surface area contributed by atoms with Crippen LogP contribution in [0.3, 0.4) is 0 Å². The predicted molar refractivity (Wildman–Crippen MR) is 74.5 cm³/mol. The van der Waals surface area contributed by atoms with Crippen molar-refractivity contribution in [3.05, 3.63) is 29.8 Å². The molecule has 3 N–H and O–H groups in total. The van der Waals surface area contributed by atoms with E-state index in [1.165, 1.54) is 0 Å². The van der Waals surface area contributed by atoms with Gasteiger partial charge in [-0.15, -0.1) is 0 Å². The summed E-state index contributed by atoms with van der Waals surface area (Å²) in [5, 5.41) is 4.28. The molecular weight excluding hydrogens is 234 g/mol. The van der Waals surface area contributed by atoms with Crippen LogP contribution in [-0.2, 0) is 0 Å². The van der Waals surface area contributed by atoms with E-state index < -0.39 is 0 Å². The molecule has 2 rings (SSSR count). The molecule has 0 spiro atoms. The van der Waals surface area contributed by atoms with Gasteiger partial charge in [0.1, 0.15) is 5.75 Å². The maximum Gasteiger partial charge on any atom is 0.127 e. The number of nitrogens with one attached hydrogen (secondary N) is 1. The first-order chi connectivity index (χ1) is 8.24. The average Bonchev–Trinajstić information content (AvgIpc) is 2.76. The third kappa shape index (κ3) is 3.42. The van der Waals surface area contributed by atoms with Gasteiger partial charge in [-0.3, -0.25) is 0 Å². The van der Waals surface area contributed by atoms with Crippen molar-refractivity contribution in [1.29, 1.82) is 0 Å². The maximum absolute atomic E-state index is 5.30. The summed E-state index contributed by atoms with van der Waals surface area (Å²) in [6, 6.07) is 7.98. The van der Waals surface area contributed by atoms with Crippen molar-refractivity contribution in [2.24, 2.45) is 16.8 Å². The van der Waals surface area contributed by atoms with E-state index in [-0.39, 0.29) is 0 Å². The molecule has 1 aromatic carbocycles. The van der Waals surface area contributed by atoms with Crippen LogP contribution >= 0.6 is 12.2 Å². The Morgan fingerprint density at radius 3 is 2.71 bits per heavy atom. The molecule has 1 aliphatic heterocycles. The van der Waals surface area contributed by atoms with Crippen LogP contribution in [0.25, 0.3) is 0 Å². The lowest BCUT2D eigenvalue weighted by Crippen LogP contribution is -2.13. The average molecular weight is 251 g/mol. The van der Waals surface area contributed by atoms with Crippen LogP contribution in [0.15, 0.2) is 29.4 Å². The highest BCUT2D eigenvalue weighted by atomic mass is 32.1. The van der Waals surface area contributed by atoms with Crippen LogP contribution in [0.5, 0.6) is 5.75 Å². The van der Waals surface area contributed by atoms with Crippen molar-refractivity contribution in [3.63, 3.8) is 0 Å². The minimum absolute atomic E-state index is 0.450. The Hall–Kier alpha value is -1.62. The number of hydrazone groups is 1. The normalized spacial score (nSPS) is 17.3. The van der Waals surface area contributed by atoms with Crippen molar-refractivity contribution in [2.45, 2.75) is 6.92 Å². The molecule has 92 valence electrons. The molecular formula is C12H17N3OS. The number of methoxy groups -OCH3 is 1. The summed E-state index contributed by atoms with van der Waals surface area (Å²) in [4.78, 5) is 0. The summed E-state index contributed by atoms with van der Waals surface area (Å²) in [5.74, 6) is 1.34. The second kappa shape index (κ2) is 6.85. The van der Waals surface area contributed by atoms with Crippen LogP contribution in [0.1, 0.15) is 12.5 Å². The topological polar surface area (TPSA) is 59.6 Å². The fourth-order valence-electron chi connectivity index (χ4n) is 1.66. The van der Waals surface area contributed by atoms with Gasteiger partial charge in [0.15, 0.2) is 0 Å². The second-order valence-electron chi connectivity index (χ2n) is 3.60. The molecule has 0 amide bonds. The zero-order valence-electron chi connectivity index (χ0n) is 10.0. The van der Waals surface area contributed by atoms with Gasteiger partial charge in [-0.25, -0.2) is 0 Å². The maximum atomic E-state index is 5.30. The Labute approximate surface area is 107 Å². The third-order valence-corrected chi connectivity index (χ3v) is 2.45. The largest absolute Gasteiger partial charge is 0.496 e. The quantitative estimate of drug-likeness (QED) is 0.783. The predicted octanol–water partition coefficient (Wildman–Crippen LogP) is 1.54. The van der Waals surface area contributed by atoms with Crippen LogP contribution < -0.4 is 15.9 Å². The number of hydrogen-bond acceptors (Lipinski definition) is 4. The summed E-state index contributed by atoms with van der Waals surface area (Å²) in [6.45, 7) is 3.07. The molecule has 0 bridgehead atoms. The number of benzene rings is 1. The summed E-state index contributed by atoms with van der Waals surface area (Å²) in [5.41, 5.74) is 10.8. The van der Waals surface area contributed by atoms with Crippen molar-refractivity contribution in [2.75, 3.05) is 13.7 Å². The van der Waals surface area contributed by atoms with Gasteiger partial charge in [0.2, 0.25) is 0 Å². The van der Waals surface area contributed by atoms with Crippen LogP contribution in [0, 0.1) is 5.92 Å². The highest BCUT2D eigenvalue weighted by Gasteiger charge is 2.20. The van der Waals surface area contributed by atoms with E-state index in [9.17, 15) is 0 Å². The standard InChI is InChI=1S/C11H14N2O.CH3NS/c1-8-7-12-13-11(8)9-5-3-4-6-10(9)14-2;2-1-3/h3-6,8,12H,7H2,1-2H3;1H,(H2,2,3). The molecule has 17 heavy (non-hydrogen) atoms. The molecule has 4 nitrogen and oxygen atoms in total. The highest BCUT2D eigenvalue weighted by Crippen LogP contribution is 2.22. The van der Waals surface area contributed by atoms with Gasteiger partial charge in [-0.1, -0.05) is 31.3 Å². The number of ether oxygens (including phenoxy) is 1. The van der Waals surface area contributed by atoms with Crippen LogP contribution in [-0.4, -0.2) is 24.9 Å². The Morgan fingerprint density at radius 2 is 2.18 bits per heavy atom. The summed E-state index contributed by atoms with van der Waals surface area (Å²) in [7, 11) is 1.69. The number of para-hydroxylation sites is 1. The van der Waals surface area contributed by atoms with E-state index in [1.807, 2.05) is 24.3 Å². The first kappa shape index (κ1) is 13.4. The molecule has 0 fully saturated rings. The van der Waals surface area contributed by atoms with Crippen molar-refractivity contribution >= 4 is 23.4 Å². The van der Waals surface area contributed by atoms with E-state index in [2.05, 4.69) is 35.4 Å². The fourth-order valence-corrected chi connectivity index (χ4v) is 1.66. The minimum Gasteiger partial charge on any atom is -0.496 e. The molecule has 1 aromatic rings. The Morgan fingerprint density at radius 1 is 1.53 bits per heavy atom. The molecule has 5 heteroatoms. The number of thiocarbonyl (C=S) groups is 1. The summed E-state index contributed by atoms with van der Waals surface area (Å²) < 4.78 is 5.30. The number of rotatable bonds is 2. The van der Waals surface area contributed by atoms with Gasteiger partial charge in [0, 0.05) is 18.0 Å². The Balaban J connectivity index is 0.000000437. The lowest BCUT2D eigenvalue weighted by molar-refractivity contribution is 0.413. The smallest absolute Gasteiger partial charge is 0.127 e. The molecule has 1 atom stereocenters. The van der Waals surface area contributed by atoms with E-state index in [4.69, 9.17) is 4.74 Å². The van der Waals surface area contributed by atoms with Crippen molar-refractivity contribution in [1.82, 2.24) is 5.43 Å². The Kier molecular flexibility index (Phi) is 5.42. The van der Waals surface area contributed by atoms with Crippen molar-refractivity contribution < 1.29 is 4.74 Å². The molecule has 1 aliphatic rings. The van der Waals surface area contributed by atoms with Crippen LogP contribution in [0.4, 0.5) is 0 Å². The van der Waals surface area contributed by atoms with E-state index >= 15 is 0 Å². The number of nitrogens with two attached hydrogens (primary N) is 1. The van der Waals surface area contributed by atoms with Gasteiger partial charge in [0.05, 0.1) is 18.3 Å². The highest BCUT2D eigenvalue weighted by molar-refractivity contribution is 7.78. The summed E-state index contributed by atoms with van der Waals surface area (Å²) >= 11 is 4.05. The molecule has 0 aliphatic carbocycles. The molecule has 0 saturated heterocycles. The lowest BCUT2D eigenvalue weighted by atomic mass is 9.99. The molecule has 1 unspecified atom stereocenters. The minimum atomic E-state index is 0.450. The molecule has 1 heterocycles. The fraction of sp³-hybridized carbons (Fsp3) is 0.333. The monoisotopic (exact) mass is 251 g/mol. The number of nitrogens with zero attached hydrogens (tertiary/aromatic N) is 1. The molecule has 0 radical (unpaired) electrons. The molecule has 0 aromatic heterocycles. The van der Waals surface area contributed by atoms with Gasteiger partial charge in [-0.05, 0) is 12.1 Å². The SMILES string of the molecule is COc1ccccc1C1=NNCC1C.NC=S. The number of hydrogen-bond donors (Lipinski definition) is 2. The Bertz CT molecular complexity index is 406. The van der Waals surface area contributed by atoms with E-state index in [0.717, 1.165) is 29.1 Å². The van der Waals surface area contributed by atoms with Gasteiger partial charge in [-0.2, -0.15) is 5.10 Å². The summed E-state index contributed by atoms with van der Waals surface area (Å²) in [6.07, 6.45) is 0. The van der Waals surface area contributed by atoms with E-state index in [0.29, 0.717) is 5.92 Å². The van der Waals surface area contributed by atoms with Gasteiger partial charge >= 0.3 is 0 Å². The first-order valence-corrected chi connectivity index (χ1v) is 5.81. The zero-order chi connectivity index (χ0) is 12.7. The lowest BCUT2D eigenvalue weighted by Gasteiger charge is -2.09. The first-order valence-electron chi connectivity index (χ1n) is 5.33. The van der Waals surface area contributed by atoms with Crippen molar-refractivity contribution in [3.8, 4) is 5.75 Å².